The van der Waals surface area contributed by atoms with E-state index >= 15 is 0 Å². The molecule has 2 fully saturated rings. The lowest BCUT2D eigenvalue weighted by molar-refractivity contribution is 0.583. The zero-order valence-corrected chi connectivity index (χ0v) is 9.89. The SMILES string of the molecule is Cc1ccc(C23CC(N)CC2C3)cc1.Cl. The Bertz CT molecular complexity index is 359. The molecular weight excluding hydrogens is 206 g/mol. The van der Waals surface area contributed by atoms with Crippen molar-refractivity contribution in [2.45, 2.75) is 37.6 Å². The molecule has 2 N–H and O–H groups in total. The van der Waals surface area contributed by atoms with Crippen molar-refractivity contribution in [2.24, 2.45) is 11.7 Å². The van der Waals surface area contributed by atoms with Crippen LogP contribution >= 0.6 is 12.4 Å². The molecule has 2 aliphatic carbocycles. The van der Waals surface area contributed by atoms with Crippen LogP contribution in [-0.2, 0) is 5.41 Å². The molecule has 0 radical (unpaired) electrons. The molecule has 3 rings (SSSR count). The molecule has 2 saturated carbocycles. The van der Waals surface area contributed by atoms with Crippen molar-refractivity contribution >= 4 is 12.4 Å². The Morgan fingerprint density at radius 2 is 1.87 bits per heavy atom. The Kier molecular flexibility index (Phi) is 2.56. The third-order valence-electron chi connectivity index (χ3n) is 4.07. The van der Waals surface area contributed by atoms with Crippen LogP contribution in [0.4, 0.5) is 0 Å². The zero-order chi connectivity index (χ0) is 9.76. The number of halogens is 1. The maximum atomic E-state index is 6.01. The topological polar surface area (TPSA) is 26.0 Å². The van der Waals surface area contributed by atoms with Gasteiger partial charge in [0.1, 0.15) is 0 Å². The Balaban J connectivity index is 0.000000853. The van der Waals surface area contributed by atoms with Gasteiger partial charge < -0.3 is 5.73 Å². The summed E-state index contributed by atoms with van der Waals surface area (Å²) in [5.74, 6) is 0.889. The molecule has 1 aromatic rings. The number of hydrogen-bond acceptors (Lipinski definition) is 1. The molecular formula is C13H18ClN. The molecule has 3 unspecified atom stereocenters. The van der Waals surface area contributed by atoms with Crippen molar-refractivity contribution in [1.82, 2.24) is 0 Å². The van der Waals surface area contributed by atoms with E-state index < -0.39 is 0 Å². The second-order valence-electron chi connectivity index (χ2n) is 5.12. The van der Waals surface area contributed by atoms with E-state index in [0.29, 0.717) is 11.5 Å². The average Bonchev–Trinajstić information content (AvgIpc) is 2.71. The van der Waals surface area contributed by atoms with Gasteiger partial charge in [0.15, 0.2) is 0 Å². The van der Waals surface area contributed by atoms with E-state index in [0.717, 1.165) is 5.92 Å². The Morgan fingerprint density at radius 3 is 2.40 bits per heavy atom. The summed E-state index contributed by atoms with van der Waals surface area (Å²) < 4.78 is 0. The lowest BCUT2D eigenvalue weighted by Crippen LogP contribution is -2.20. The predicted octanol–water partition coefficient (Wildman–Crippen LogP) is 2.80. The van der Waals surface area contributed by atoms with Crippen LogP contribution in [0.5, 0.6) is 0 Å². The Labute approximate surface area is 97.5 Å². The molecule has 0 saturated heterocycles. The molecule has 2 aliphatic rings. The minimum absolute atomic E-state index is 0. The normalized spacial score (nSPS) is 36.9. The van der Waals surface area contributed by atoms with Crippen LogP contribution in [0.15, 0.2) is 24.3 Å². The number of fused-ring (bicyclic) bond motifs is 1. The predicted molar refractivity (Wildman–Crippen MR) is 65.4 cm³/mol. The van der Waals surface area contributed by atoms with Gasteiger partial charge in [0.05, 0.1) is 0 Å². The third-order valence-corrected chi connectivity index (χ3v) is 4.07. The first-order valence-corrected chi connectivity index (χ1v) is 5.53. The second-order valence-corrected chi connectivity index (χ2v) is 5.12. The van der Waals surface area contributed by atoms with Crippen LogP contribution in [-0.4, -0.2) is 6.04 Å². The van der Waals surface area contributed by atoms with Gasteiger partial charge in [0.2, 0.25) is 0 Å². The van der Waals surface area contributed by atoms with E-state index in [1.54, 1.807) is 0 Å². The quantitative estimate of drug-likeness (QED) is 0.779. The highest BCUT2D eigenvalue weighted by Gasteiger charge is 2.59. The highest BCUT2D eigenvalue weighted by molar-refractivity contribution is 5.85. The molecule has 0 aliphatic heterocycles. The molecule has 1 aromatic carbocycles. The van der Waals surface area contributed by atoms with Crippen molar-refractivity contribution in [3.63, 3.8) is 0 Å². The highest BCUT2D eigenvalue weighted by atomic mass is 35.5. The van der Waals surface area contributed by atoms with Crippen molar-refractivity contribution < 1.29 is 0 Å². The molecule has 1 nitrogen and oxygen atoms in total. The Hall–Kier alpha value is -0.530. The van der Waals surface area contributed by atoms with Crippen LogP contribution in [0, 0.1) is 12.8 Å². The van der Waals surface area contributed by atoms with E-state index in [1.807, 2.05) is 0 Å². The average molecular weight is 224 g/mol. The van der Waals surface area contributed by atoms with Crippen LogP contribution in [0.3, 0.4) is 0 Å². The molecule has 0 spiro atoms. The van der Waals surface area contributed by atoms with E-state index in [-0.39, 0.29) is 12.4 Å². The van der Waals surface area contributed by atoms with Crippen molar-refractivity contribution in [3.05, 3.63) is 35.4 Å². The molecule has 0 bridgehead atoms. The van der Waals surface area contributed by atoms with Crippen molar-refractivity contribution in [2.75, 3.05) is 0 Å². The summed E-state index contributed by atoms with van der Waals surface area (Å²) in [5.41, 5.74) is 9.38. The van der Waals surface area contributed by atoms with Gasteiger partial charge >= 0.3 is 0 Å². The summed E-state index contributed by atoms with van der Waals surface area (Å²) in [5, 5.41) is 0. The first-order valence-electron chi connectivity index (χ1n) is 5.53. The van der Waals surface area contributed by atoms with Gasteiger partial charge in [0.25, 0.3) is 0 Å². The van der Waals surface area contributed by atoms with Gasteiger partial charge in [-0.2, -0.15) is 0 Å². The van der Waals surface area contributed by atoms with Gasteiger partial charge in [0, 0.05) is 6.04 Å². The van der Waals surface area contributed by atoms with Crippen LogP contribution < -0.4 is 5.73 Å². The summed E-state index contributed by atoms with van der Waals surface area (Å²) in [6.45, 7) is 2.15. The Morgan fingerprint density at radius 1 is 1.20 bits per heavy atom. The van der Waals surface area contributed by atoms with Gasteiger partial charge in [-0.3, -0.25) is 0 Å². The van der Waals surface area contributed by atoms with E-state index in [9.17, 15) is 0 Å². The fourth-order valence-electron chi connectivity index (χ4n) is 3.21. The zero-order valence-electron chi connectivity index (χ0n) is 9.07. The minimum Gasteiger partial charge on any atom is -0.328 e. The second kappa shape index (κ2) is 3.50. The summed E-state index contributed by atoms with van der Waals surface area (Å²) >= 11 is 0. The summed E-state index contributed by atoms with van der Waals surface area (Å²) in [6.07, 6.45) is 3.83. The standard InChI is InChI=1S/C13H17N.ClH/c1-9-2-4-10(5-3-9)13-7-11(13)6-12(14)8-13;/h2-5,11-12H,6-8,14H2,1H3;1H. The number of hydrogen-bond donors (Lipinski definition) is 1. The van der Waals surface area contributed by atoms with Gasteiger partial charge in [-0.1, -0.05) is 29.8 Å². The number of rotatable bonds is 1. The summed E-state index contributed by atoms with van der Waals surface area (Å²) in [6, 6.07) is 9.50. The largest absolute Gasteiger partial charge is 0.328 e. The fourth-order valence-corrected chi connectivity index (χ4v) is 3.21. The third kappa shape index (κ3) is 1.58. The van der Waals surface area contributed by atoms with Crippen LogP contribution in [0.25, 0.3) is 0 Å². The maximum Gasteiger partial charge on any atom is 0.00503 e. The molecule has 0 aromatic heterocycles. The molecule has 15 heavy (non-hydrogen) atoms. The van der Waals surface area contributed by atoms with Gasteiger partial charge in [-0.05, 0) is 43.1 Å². The molecule has 82 valence electrons. The first-order chi connectivity index (χ1) is 6.71. The number of aryl methyl sites for hydroxylation is 1. The maximum absolute atomic E-state index is 6.01. The smallest absolute Gasteiger partial charge is 0.00503 e. The van der Waals surface area contributed by atoms with Crippen LogP contribution in [0.2, 0.25) is 0 Å². The molecule has 0 heterocycles. The molecule has 2 heteroatoms. The molecule has 0 amide bonds. The highest BCUT2D eigenvalue weighted by Crippen LogP contribution is 2.63. The van der Waals surface area contributed by atoms with E-state index in [4.69, 9.17) is 5.73 Å². The van der Waals surface area contributed by atoms with Gasteiger partial charge in [-0.15, -0.1) is 12.4 Å². The minimum atomic E-state index is 0. The first kappa shape index (κ1) is 11.0. The lowest BCUT2D eigenvalue weighted by Gasteiger charge is -2.14. The van der Waals surface area contributed by atoms with E-state index in [1.165, 1.54) is 30.4 Å². The number of benzene rings is 1. The summed E-state index contributed by atoms with van der Waals surface area (Å²) in [7, 11) is 0. The number of nitrogens with two attached hydrogens (primary N) is 1. The lowest BCUT2D eigenvalue weighted by atomic mass is 9.92. The van der Waals surface area contributed by atoms with Crippen LogP contribution in [0.1, 0.15) is 30.4 Å². The van der Waals surface area contributed by atoms with Crippen molar-refractivity contribution in [3.8, 4) is 0 Å². The van der Waals surface area contributed by atoms with E-state index in [2.05, 4.69) is 31.2 Å². The monoisotopic (exact) mass is 223 g/mol. The molecule has 3 atom stereocenters. The van der Waals surface area contributed by atoms with Crippen molar-refractivity contribution in [1.29, 1.82) is 0 Å². The van der Waals surface area contributed by atoms with Gasteiger partial charge in [-0.25, -0.2) is 0 Å². The fraction of sp³-hybridized carbons (Fsp3) is 0.538. The summed E-state index contributed by atoms with van der Waals surface area (Å²) in [4.78, 5) is 0.